The van der Waals surface area contributed by atoms with Gasteiger partial charge in [-0.2, -0.15) is 0 Å². The molecule has 4 rings (SSSR count). The van der Waals surface area contributed by atoms with E-state index in [0.29, 0.717) is 54.6 Å². The highest BCUT2D eigenvalue weighted by Crippen LogP contribution is 2.31. The molecule has 1 aliphatic heterocycles. The van der Waals surface area contributed by atoms with Crippen LogP contribution in [-0.4, -0.2) is 58.9 Å². The average Bonchev–Trinajstić information content (AvgIpc) is 3.10. The van der Waals surface area contributed by atoms with Crippen LogP contribution in [0.5, 0.6) is 11.5 Å². The summed E-state index contributed by atoms with van der Waals surface area (Å²) in [4.78, 5) is 25.8. The Kier molecular flexibility index (Phi) is 8.43. The topological polar surface area (TPSA) is 131 Å². The summed E-state index contributed by atoms with van der Waals surface area (Å²) in [6.07, 6.45) is 5.54. The molecule has 36 heavy (non-hydrogen) atoms. The number of carbonyl (C=O) groups is 1. The molecule has 0 unspecified atom stereocenters. The first-order chi connectivity index (χ1) is 17.5. The van der Waals surface area contributed by atoms with Gasteiger partial charge in [-0.1, -0.05) is 0 Å². The second-order valence-corrected chi connectivity index (χ2v) is 8.27. The first-order valence-corrected chi connectivity index (χ1v) is 11.8. The van der Waals surface area contributed by atoms with Crippen molar-refractivity contribution in [2.75, 3.05) is 43.5 Å². The Morgan fingerprint density at radius 2 is 2.03 bits per heavy atom. The van der Waals surface area contributed by atoms with Gasteiger partial charge in [0, 0.05) is 30.0 Å². The number of rotatable bonds is 10. The van der Waals surface area contributed by atoms with E-state index >= 15 is 0 Å². The molecule has 0 saturated heterocycles. The second-order valence-electron chi connectivity index (χ2n) is 8.27. The third-order valence-corrected chi connectivity index (χ3v) is 5.50. The van der Waals surface area contributed by atoms with Gasteiger partial charge >= 0.3 is 0 Å². The molecule has 188 valence electrons. The number of nitrogens with zero attached hydrogens (tertiary/aromatic N) is 3. The minimum Gasteiger partial charge on any atom is -0.455 e. The van der Waals surface area contributed by atoms with E-state index in [1.165, 1.54) is 6.33 Å². The molecule has 0 atom stereocenters. The number of amides is 1. The van der Waals surface area contributed by atoms with Gasteiger partial charge in [0.2, 0.25) is 5.91 Å². The van der Waals surface area contributed by atoms with Gasteiger partial charge in [-0.15, -0.1) is 0 Å². The van der Waals surface area contributed by atoms with E-state index in [4.69, 9.17) is 14.6 Å². The lowest BCUT2D eigenvalue weighted by molar-refractivity contribution is -0.117. The van der Waals surface area contributed by atoms with E-state index in [-0.39, 0.29) is 19.1 Å². The molecular weight excluding hydrogens is 460 g/mol. The summed E-state index contributed by atoms with van der Waals surface area (Å²) in [5.41, 5.74) is 4.03. The van der Waals surface area contributed by atoms with Gasteiger partial charge in [-0.3, -0.25) is 9.78 Å². The molecule has 1 aromatic carbocycles. The van der Waals surface area contributed by atoms with E-state index in [2.05, 4.69) is 30.9 Å². The summed E-state index contributed by atoms with van der Waals surface area (Å²) in [5.74, 6) is 2.48. The van der Waals surface area contributed by atoms with Gasteiger partial charge in [0.25, 0.3) is 0 Å². The molecule has 0 aliphatic carbocycles. The minimum atomic E-state index is -0.171. The van der Waals surface area contributed by atoms with Crippen molar-refractivity contribution >= 4 is 29.3 Å². The average molecular weight is 491 g/mol. The quantitative estimate of drug-likeness (QED) is 0.316. The van der Waals surface area contributed by atoms with Gasteiger partial charge in [0.05, 0.1) is 31.6 Å². The molecule has 0 spiro atoms. The number of aryl methyl sites for hydroxylation is 2. The number of hydrogen-bond donors (Lipinski definition) is 4. The molecule has 0 radical (unpaired) electrons. The highest BCUT2D eigenvalue weighted by molar-refractivity contribution is 6.00. The fourth-order valence-corrected chi connectivity index (χ4v) is 3.65. The Balaban J connectivity index is 1.49. The maximum atomic E-state index is 12.7. The summed E-state index contributed by atoms with van der Waals surface area (Å²) >= 11 is 0. The molecule has 1 amide bonds. The van der Waals surface area contributed by atoms with Gasteiger partial charge < -0.3 is 30.5 Å². The number of fused-ring (bicyclic) bond motifs is 1. The summed E-state index contributed by atoms with van der Waals surface area (Å²) in [6, 6.07) is 9.57. The third-order valence-electron chi connectivity index (χ3n) is 5.50. The lowest BCUT2D eigenvalue weighted by Crippen LogP contribution is -2.29. The SMILES string of the molecule is Cc1ccc(Oc2ccc(Nc3ncnc4c3C=C(C(=O)NCCOCCO)CCN4)cc2C)cn1. The van der Waals surface area contributed by atoms with Gasteiger partial charge in [0.15, 0.2) is 0 Å². The molecular formula is C26H30N6O4. The largest absolute Gasteiger partial charge is 0.455 e. The summed E-state index contributed by atoms with van der Waals surface area (Å²) in [7, 11) is 0. The number of carbonyl (C=O) groups excluding carboxylic acids is 1. The number of anilines is 3. The fourth-order valence-electron chi connectivity index (χ4n) is 3.65. The Morgan fingerprint density at radius 3 is 2.81 bits per heavy atom. The van der Waals surface area contributed by atoms with Gasteiger partial charge in [0.1, 0.15) is 29.5 Å². The van der Waals surface area contributed by atoms with Crippen molar-refractivity contribution in [3.05, 3.63) is 65.2 Å². The number of aromatic nitrogens is 3. The van der Waals surface area contributed by atoms with Crippen LogP contribution in [-0.2, 0) is 9.53 Å². The summed E-state index contributed by atoms with van der Waals surface area (Å²) < 4.78 is 11.2. The Hall–Kier alpha value is -4.02. The zero-order valence-corrected chi connectivity index (χ0v) is 20.4. The van der Waals surface area contributed by atoms with Gasteiger partial charge in [-0.05, 0) is 62.2 Å². The van der Waals surface area contributed by atoms with Crippen LogP contribution >= 0.6 is 0 Å². The number of aliphatic hydroxyl groups excluding tert-OH is 1. The van der Waals surface area contributed by atoms with Crippen LogP contribution in [0.2, 0.25) is 0 Å². The molecule has 0 saturated carbocycles. The third kappa shape index (κ3) is 6.55. The highest BCUT2D eigenvalue weighted by Gasteiger charge is 2.18. The van der Waals surface area contributed by atoms with E-state index in [0.717, 1.165) is 22.7 Å². The van der Waals surface area contributed by atoms with E-state index in [1.54, 1.807) is 6.20 Å². The molecule has 0 bridgehead atoms. The van der Waals surface area contributed by atoms with Crippen LogP contribution in [0.1, 0.15) is 23.2 Å². The highest BCUT2D eigenvalue weighted by atomic mass is 16.5. The number of pyridine rings is 1. The Labute approximate surface area is 209 Å². The lowest BCUT2D eigenvalue weighted by atomic mass is 10.1. The van der Waals surface area contributed by atoms with Crippen molar-refractivity contribution < 1.29 is 19.4 Å². The first-order valence-electron chi connectivity index (χ1n) is 11.8. The first kappa shape index (κ1) is 25.1. The van der Waals surface area contributed by atoms with Crippen LogP contribution in [0.4, 0.5) is 17.3 Å². The number of benzene rings is 1. The monoisotopic (exact) mass is 490 g/mol. The fraction of sp³-hybridized carbons (Fsp3) is 0.308. The number of aliphatic hydroxyl groups is 1. The molecule has 3 heterocycles. The number of hydrogen-bond acceptors (Lipinski definition) is 9. The number of ether oxygens (including phenoxy) is 2. The number of nitrogens with one attached hydrogen (secondary N) is 3. The van der Waals surface area contributed by atoms with E-state index < -0.39 is 0 Å². The summed E-state index contributed by atoms with van der Waals surface area (Å²) in [6.45, 7) is 5.37. The van der Waals surface area contributed by atoms with Crippen molar-refractivity contribution in [1.29, 1.82) is 0 Å². The van der Waals surface area contributed by atoms with Crippen molar-refractivity contribution in [1.82, 2.24) is 20.3 Å². The van der Waals surface area contributed by atoms with Crippen LogP contribution in [0, 0.1) is 13.8 Å². The van der Waals surface area contributed by atoms with Crippen molar-refractivity contribution in [3.63, 3.8) is 0 Å². The van der Waals surface area contributed by atoms with Crippen molar-refractivity contribution in [2.45, 2.75) is 20.3 Å². The molecule has 3 aromatic rings. The van der Waals surface area contributed by atoms with Crippen molar-refractivity contribution in [3.8, 4) is 11.5 Å². The van der Waals surface area contributed by atoms with Crippen LogP contribution < -0.4 is 20.7 Å². The van der Waals surface area contributed by atoms with E-state index in [9.17, 15) is 4.79 Å². The molecule has 10 nitrogen and oxygen atoms in total. The predicted molar refractivity (Wildman–Crippen MR) is 138 cm³/mol. The molecule has 1 aliphatic rings. The predicted octanol–water partition coefficient (Wildman–Crippen LogP) is 3.35. The zero-order chi connectivity index (χ0) is 25.3. The normalized spacial score (nSPS) is 12.6. The van der Waals surface area contributed by atoms with Crippen molar-refractivity contribution in [2.24, 2.45) is 0 Å². The molecule has 2 aromatic heterocycles. The van der Waals surface area contributed by atoms with Gasteiger partial charge in [-0.25, -0.2) is 9.97 Å². The van der Waals surface area contributed by atoms with E-state index in [1.807, 2.05) is 50.3 Å². The minimum absolute atomic E-state index is 0.0448. The molecule has 4 N–H and O–H groups in total. The van der Waals surface area contributed by atoms with Crippen LogP contribution in [0.3, 0.4) is 0 Å². The maximum Gasteiger partial charge on any atom is 0.247 e. The molecule has 0 fully saturated rings. The standard InChI is InChI=1S/C26H30N6O4/c1-17-13-20(4-6-23(17)36-21-5-3-18(2)29-15-21)32-25-22-14-19(7-8-27-24(22)30-16-31-25)26(34)28-9-11-35-12-10-33/h3-6,13-16,33H,7-12H2,1-2H3,(H,28,34)(H2,27,30,31,32). The Bertz CT molecular complexity index is 1230. The summed E-state index contributed by atoms with van der Waals surface area (Å²) in [5, 5.41) is 18.2. The van der Waals surface area contributed by atoms with Crippen LogP contribution in [0.25, 0.3) is 6.08 Å². The second kappa shape index (κ2) is 12.1. The smallest absolute Gasteiger partial charge is 0.247 e. The molecule has 10 heteroatoms. The Morgan fingerprint density at radius 1 is 1.14 bits per heavy atom. The zero-order valence-electron chi connectivity index (χ0n) is 20.4. The lowest BCUT2D eigenvalue weighted by Gasteiger charge is -2.14. The van der Waals surface area contributed by atoms with Crippen LogP contribution in [0.15, 0.2) is 48.4 Å². The maximum absolute atomic E-state index is 12.7.